The minimum Gasteiger partial charge on any atom is -0.496 e. The number of carbonyl (C=O) groups is 3. The molecule has 9 nitrogen and oxygen atoms in total. The highest BCUT2D eigenvalue weighted by Crippen LogP contribution is 2.41. The molecule has 4 aromatic rings. The molecule has 2 aliphatic heterocycles. The SMILES string of the molecule is COc1c(C(C)C)cc(C=C2C(=O)Nc3cc(NC(=O)OC(C)(C)C)ccc32)cc1C(C)C.COc1c(C(C)C)cc(C=C2C(=O)Nc3cccc(C)c32)cc1C(C)C. The van der Waals surface area contributed by atoms with Crippen LogP contribution in [-0.2, 0) is 14.3 Å². The molecule has 2 aliphatic rings. The van der Waals surface area contributed by atoms with Gasteiger partial charge in [-0.1, -0.05) is 73.6 Å². The minimum absolute atomic E-state index is 0.0395. The summed E-state index contributed by atoms with van der Waals surface area (Å²) in [5.74, 6) is 2.90. The second-order valence-electron chi connectivity index (χ2n) is 17.5. The van der Waals surface area contributed by atoms with Gasteiger partial charge in [0.25, 0.3) is 11.8 Å². The summed E-state index contributed by atoms with van der Waals surface area (Å²) in [6.45, 7) is 24.7. The molecule has 0 bridgehead atoms. The van der Waals surface area contributed by atoms with Crippen molar-refractivity contribution >= 4 is 58.3 Å². The number of anilines is 3. The Hall–Kier alpha value is -5.83. The number of fused-ring (bicyclic) bond motifs is 2. The molecule has 0 atom stereocenters. The molecular weight excluding hydrogens is 739 g/mol. The Kier molecular flexibility index (Phi) is 13.5. The first-order chi connectivity index (χ1) is 27.7. The molecule has 0 radical (unpaired) electrons. The number of rotatable bonds is 9. The van der Waals surface area contributed by atoms with Gasteiger partial charge in [0.1, 0.15) is 17.1 Å². The first kappa shape index (κ1) is 44.3. The van der Waals surface area contributed by atoms with Crippen molar-refractivity contribution in [3.8, 4) is 11.5 Å². The van der Waals surface area contributed by atoms with E-state index in [1.807, 2.05) is 43.3 Å². The summed E-state index contributed by atoms with van der Waals surface area (Å²) in [6, 6.07) is 19.8. The van der Waals surface area contributed by atoms with Crippen molar-refractivity contribution in [2.45, 2.75) is 112 Å². The number of benzene rings is 4. The summed E-state index contributed by atoms with van der Waals surface area (Å²) in [4.78, 5) is 37.4. The van der Waals surface area contributed by atoms with E-state index in [1.165, 1.54) is 11.1 Å². The predicted octanol–water partition coefficient (Wildman–Crippen LogP) is 12.5. The van der Waals surface area contributed by atoms with Gasteiger partial charge in [-0.05, 0) is 145 Å². The van der Waals surface area contributed by atoms with Crippen LogP contribution in [0.2, 0.25) is 0 Å². The minimum atomic E-state index is -0.590. The fourth-order valence-electron chi connectivity index (χ4n) is 7.49. The number of carbonyl (C=O) groups excluding carboxylic acids is 3. The van der Waals surface area contributed by atoms with Crippen LogP contribution in [0.1, 0.15) is 150 Å². The molecule has 4 aromatic carbocycles. The lowest BCUT2D eigenvalue weighted by atomic mass is 9.90. The molecule has 0 aliphatic carbocycles. The van der Waals surface area contributed by atoms with E-state index in [9.17, 15) is 14.4 Å². The van der Waals surface area contributed by atoms with E-state index < -0.39 is 11.7 Å². The Balaban J connectivity index is 0.000000230. The molecule has 0 aromatic heterocycles. The molecule has 6 rings (SSSR count). The molecule has 59 heavy (non-hydrogen) atoms. The van der Waals surface area contributed by atoms with Crippen molar-refractivity contribution in [2.24, 2.45) is 0 Å². The molecule has 0 saturated carbocycles. The monoisotopic (exact) mass is 799 g/mol. The molecule has 0 spiro atoms. The van der Waals surface area contributed by atoms with Crippen molar-refractivity contribution in [3.05, 3.63) is 111 Å². The summed E-state index contributed by atoms with van der Waals surface area (Å²) in [5.41, 5.74) is 12.3. The van der Waals surface area contributed by atoms with E-state index in [0.717, 1.165) is 61.7 Å². The fraction of sp³-hybridized carbons (Fsp3) is 0.380. The molecular formula is C50H61N3O6. The van der Waals surface area contributed by atoms with Gasteiger partial charge < -0.3 is 24.8 Å². The van der Waals surface area contributed by atoms with Gasteiger partial charge in [-0.25, -0.2) is 4.79 Å². The van der Waals surface area contributed by atoms with Crippen molar-refractivity contribution in [3.63, 3.8) is 0 Å². The Bertz CT molecular complexity index is 2270. The Labute approximate surface area is 350 Å². The van der Waals surface area contributed by atoms with Crippen LogP contribution in [0.25, 0.3) is 23.3 Å². The van der Waals surface area contributed by atoms with Crippen LogP contribution in [0, 0.1) is 6.92 Å². The van der Waals surface area contributed by atoms with E-state index >= 15 is 0 Å². The normalized spacial score (nSPS) is 14.7. The summed E-state index contributed by atoms with van der Waals surface area (Å²) < 4.78 is 16.8. The second kappa shape index (κ2) is 18.0. The van der Waals surface area contributed by atoms with Gasteiger partial charge in [0.15, 0.2) is 0 Å². The lowest BCUT2D eigenvalue weighted by Gasteiger charge is -2.20. The number of nitrogens with one attached hydrogen (secondary N) is 3. The van der Waals surface area contributed by atoms with Gasteiger partial charge in [0, 0.05) is 33.6 Å². The van der Waals surface area contributed by atoms with Crippen molar-refractivity contribution < 1.29 is 28.6 Å². The molecule has 3 N–H and O–H groups in total. The van der Waals surface area contributed by atoms with Crippen LogP contribution in [-0.4, -0.2) is 37.7 Å². The van der Waals surface area contributed by atoms with Crippen LogP contribution in [0.15, 0.2) is 60.7 Å². The smallest absolute Gasteiger partial charge is 0.412 e. The summed E-state index contributed by atoms with van der Waals surface area (Å²) >= 11 is 0. The maximum Gasteiger partial charge on any atom is 0.412 e. The quantitative estimate of drug-likeness (QED) is 0.145. The third-order valence-electron chi connectivity index (χ3n) is 10.3. The average molecular weight is 800 g/mol. The number of hydrogen-bond donors (Lipinski definition) is 3. The molecule has 3 amide bonds. The summed E-state index contributed by atoms with van der Waals surface area (Å²) in [6.07, 6.45) is 3.38. The summed E-state index contributed by atoms with van der Waals surface area (Å²) in [7, 11) is 3.43. The first-order valence-electron chi connectivity index (χ1n) is 20.5. The predicted molar refractivity (Wildman–Crippen MR) is 243 cm³/mol. The third-order valence-corrected chi connectivity index (χ3v) is 10.3. The number of methoxy groups -OCH3 is 2. The molecule has 312 valence electrons. The molecule has 2 heterocycles. The second-order valence-corrected chi connectivity index (χ2v) is 17.5. The lowest BCUT2D eigenvalue weighted by molar-refractivity contribution is -0.111. The van der Waals surface area contributed by atoms with Crippen molar-refractivity contribution in [1.29, 1.82) is 0 Å². The zero-order valence-corrected chi connectivity index (χ0v) is 37.2. The van der Waals surface area contributed by atoms with E-state index in [2.05, 4.69) is 95.6 Å². The standard InChI is InChI=1S/C27H34N2O4.C23H27NO2/c1-15(2)20-11-17(12-21(16(3)4)24(20)32-8)13-22-19-10-9-18(14-23(19)29-25(22)30)28-26(31)33-27(5,6)7;1-13(2)17-10-16(11-18(14(3)4)22(17)26-6)12-19-21-15(5)8-7-9-20(21)24-23(19)25/h9-16H,1-8H3,(H,28,31)(H,29,30);7-14H,1-6H3,(H,24,25). The molecule has 0 saturated heterocycles. The third kappa shape index (κ3) is 10.1. The Morgan fingerprint density at radius 3 is 1.56 bits per heavy atom. The van der Waals surface area contributed by atoms with Crippen LogP contribution >= 0.6 is 0 Å². The van der Waals surface area contributed by atoms with Gasteiger partial charge in [0.05, 0.1) is 19.9 Å². The molecule has 9 heteroatoms. The van der Waals surface area contributed by atoms with E-state index in [0.29, 0.717) is 28.8 Å². The number of hydrogen-bond acceptors (Lipinski definition) is 6. The van der Waals surface area contributed by atoms with Gasteiger partial charge in [0.2, 0.25) is 0 Å². The maximum atomic E-state index is 12.8. The van der Waals surface area contributed by atoms with Crippen molar-refractivity contribution in [1.82, 2.24) is 0 Å². The van der Waals surface area contributed by atoms with Crippen LogP contribution in [0.3, 0.4) is 0 Å². The molecule has 0 fully saturated rings. The zero-order valence-electron chi connectivity index (χ0n) is 37.2. The van der Waals surface area contributed by atoms with Crippen LogP contribution < -0.4 is 25.4 Å². The van der Waals surface area contributed by atoms with Gasteiger partial charge in [-0.2, -0.15) is 0 Å². The van der Waals surface area contributed by atoms with Gasteiger partial charge in [-0.15, -0.1) is 0 Å². The topological polar surface area (TPSA) is 115 Å². The largest absolute Gasteiger partial charge is 0.496 e. The van der Waals surface area contributed by atoms with Crippen molar-refractivity contribution in [2.75, 3.05) is 30.2 Å². The molecule has 0 unspecified atom stereocenters. The Morgan fingerprint density at radius 2 is 1.10 bits per heavy atom. The Morgan fingerprint density at radius 1 is 0.644 bits per heavy atom. The first-order valence-corrected chi connectivity index (χ1v) is 20.5. The summed E-state index contributed by atoms with van der Waals surface area (Å²) in [5, 5.41) is 8.59. The van der Waals surface area contributed by atoms with Gasteiger partial charge >= 0.3 is 6.09 Å². The maximum absolute atomic E-state index is 12.8. The van der Waals surface area contributed by atoms with Crippen LogP contribution in [0.5, 0.6) is 11.5 Å². The van der Waals surface area contributed by atoms with E-state index in [1.54, 1.807) is 47.1 Å². The highest BCUT2D eigenvalue weighted by molar-refractivity contribution is 6.36. The van der Waals surface area contributed by atoms with Crippen LogP contribution in [0.4, 0.5) is 21.9 Å². The fourth-order valence-corrected chi connectivity index (χ4v) is 7.49. The number of ether oxygens (including phenoxy) is 3. The zero-order chi connectivity index (χ0) is 43.5. The lowest BCUT2D eigenvalue weighted by Crippen LogP contribution is -2.27. The average Bonchev–Trinajstić information content (AvgIpc) is 3.64. The van der Waals surface area contributed by atoms with Gasteiger partial charge in [-0.3, -0.25) is 14.9 Å². The highest BCUT2D eigenvalue weighted by atomic mass is 16.6. The number of aryl methyl sites for hydroxylation is 1. The van der Waals surface area contributed by atoms with E-state index in [-0.39, 0.29) is 23.7 Å². The van der Waals surface area contributed by atoms with E-state index in [4.69, 9.17) is 14.2 Å². The number of amides is 3. The highest BCUT2D eigenvalue weighted by Gasteiger charge is 2.28.